The molecule has 1 saturated heterocycles. The van der Waals surface area contributed by atoms with E-state index in [1.165, 1.54) is 4.90 Å². The molecule has 0 aliphatic carbocycles. The van der Waals surface area contributed by atoms with E-state index in [-0.39, 0.29) is 37.1 Å². The van der Waals surface area contributed by atoms with E-state index < -0.39 is 30.6 Å². The van der Waals surface area contributed by atoms with E-state index in [9.17, 15) is 27.9 Å². The van der Waals surface area contributed by atoms with Crippen molar-refractivity contribution in [2.75, 3.05) is 19.7 Å². The van der Waals surface area contributed by atoms with Crippen LogP contribution in [0.5, 0.6) is 0 Å². The SMILES string of the molecule is C/C=C\c1ccc2n(c1=O)C[C@H]1[C@H](CO)[C@@H](C(=O)NCCC)N(CCC(F)(F)F)[C@@H]21. The number of aromatic nitrogens is 1. The molecule has 6 nitrogen and oxygen atoms in total. The molecule has 4 atom stereocenters. The Labute approximate surface area is 173 Å². The third-order valence-electron chi connectivity index (χ3n) is 6.04. The van der Waals surface area contributed by atoms with Crippen LogP contribution in [0.25, 0.3) is 6.08 Å². The number of hydrogen-bond donors (Lipinski definition) is 2. The molecule has 0 saturated carbocycles. The van der Waals surface area contributed by atoms with Gasteiger partial charge in [0, 0.05) is 49.3 Å². The number of hydrogen-bond acceptors (Lipinski definition) is 4. The van der Waals surface area contributed by atoms with Crippen molar-refractivity contribution in [3.63, 3.8) is 0 Å². The number of amides is 1. The standard InChI is InChI=1S/C21H28F3N3O3/c1-3-5-13-6-7-16-17-14(11-27(16)20(13)30)15(12-28)18(19(29)25-9-4-2)26(17)10-8-21(22,23)24/h3,5-7,14-15,17-18,28H,4,8-12H2,1-2H3,(H,25,29)/b5-3-/t14-,15-,17+,18-/m0/s1. The molecule has 0 bridgehead atoms. The molecule has 1 aromatic rings. The molecule has 9 heteroatoms. The van der Waals surface area contributed by atoms with Crippen molar-refractivity contribution in [1.82, 2.24) is 14.8 Å². The monoisotopic (exact) mass is 427 g/mol. The van der Waals surface area contributed by atoms with Crippen molar-refractivity contribution in [3.05, 3.63) is 39.8 Å². The first-order valence-corrected chi connectivity index (χ1v) is 10.3. The summed E-state index contributed by atoms with van der Waals surface area (Å²) in [7, 11) is 0. The number of nitrogens with one attached hydrogen (secondary N) is 1. The number of pyridine rings is 1. The van der Waals surface area contributed by atoms with Crippen LogP contribution in [0.3, 0.4) is 0 Å². The Morgan fingerprint density at radius 3 is 2.70 bits per heavy atom. The minimum atomic E-state index is -4.37. The summed E-state index contributed by atoms with van der Waals surface area (Å²) in [5.41, 5.74) is 0.893. The number of halogens is 3. The third kappa shape index (κ3) is 4.18. The van der Waals surface area contributed by atoms with Gasteiger partial charge >= 0.3 is 6.18 Å². The summed E-state index contributed by atoms with van der Waals surface area (Å²) < 4.78 is 40.6. The number of allylic oxidation sites excluding steroid dienone is 1. The van der Waals surface area contributed by atoms with E-state index in [2.05, 4.69) is 5.32 Å². The topological polar surface area (TPSA) is 74.6 Å². The number of likely N-dealkylation sites (tertiary alicyclic amines) is 1. The van der Waals surface area contributed by atoms with E-state index in [1.807, 2.05) is 6.92 Å². The fraction of sp³-hybridized carbons (Fsp3) is 0.619. The lowest BCUT2D eigenvalue weighted by Gasteiger charge is -2.31. The number of alkyl halides is 3. The molecule has 1 fully saturated rings. The second kappa shape index (κ2) is 8.93. The largest absolute Gasteiger partial charge is 0.396 e. The zero-order chi connectivity index (χ0) is 22.1. The Hall–Kier alpha value is -2.13. The van der Waals surface area contributed by atoms with Crippen LogP contribution < -0.4 is 10.9 Å². The number of rotatable bonds is 7. The van der Waals surface area contributed by atoms with Crippen molar-refractivity contribution in [2.45, 2.75) is 51.5 Å². The Kier molecular flexibility index (Phi) is 6.71. The van der Waals surface area contributed by atoms with Crippen LogP contribution in [0.2, 0.25) is 0 Å². The molecule has 0 radical (unpaired) electrons. The predicted molar refractivity (Wildman–Crippen MR) is 107 cm³/mol. The molecule has 2 N–H and O–H groups in total. The summed E-state index contributed by atoms with van der Waals surface area (Å²) >= 11 is 0. The highest BCUT2D eigenvalue weighted by molar-refractivity contribution is 5.82. The minimum absolute atomic E-state index is 0.209. The molecule has 0 aromatic carbocycles. The highest BCUT2D eigenvalue weighted by Crippen LogP contribution is 2.49. The molecular weight excluding hydrogens is 399 g/mol. The van der Waals surface area contributed by atoms with Gasteiger partial charge in [-0.1, -0.05) is 19.1 Å². The smallest absolute Gasteiger partial charge is 0.390 e. The Morgan fingerprint density at radius 2 is 2.10 bits per heavy atom. The lowest BCUT2D eigenvalue weighted by atomic mass is 9.88. The quantitative estimate of drug-likeness (QED) is 0.701. The van der Waals surface area contributed by atoms with Gasteiger partial charge in [-0.15, -0.1) is 0 Å². The van der Waals surface area contributed by atoms with E-state index >= 15 is 0 Å². The van der Waals surface area contributed by atoms with E-state index in [0.29, 0.717) is 24.2 Å². The van der Waals surface area contributed by atoms with E-state index in [1.54, 1.807) is 35.8 Å². The first-order chi connectivity index (χ1) is 14.2. The van der Waals surface area contributed by atoms with Crippen LogP contribution in [-0.4, -0.2) is 52.4 Å². The van der Waals surface area contributed by atoms with Gasteiger partial charge in [-0.3, -0.25) is 14.5 Å². The van der Waals surface area contributed by atoms with Crippen molar-refractivity contribution < 1.29 is 23.1 Å². The lowest BCUT2D eigenvalue weighted by molar-refractivity contribution is -0.143. The van der Waals surface area contributed by atoms with E-state index in [0.717, 1.165) is 0 Å². The second-order valence-electron chi connectivity index (χ2n) is 7.92. The number of nitrogens with zero attached hydrogens (tertiary/aromatic N) is 2. The number of fused-ring (bicyclic) bond motifs is 3. The summed E-state index contributed by atoms with van der Waals surface area (Å²) in [6.07, 6.45) is -1.29. The summed E-state index contributed by atoms with van der Waals surface area (Å²) in [6, 6.07) is 2.03. The van der Waals surface area contributed by atoms with Gasteiger partial charge in [0.05, 0.1) is 18.5 Å². The third-order valence-corrected chi connectivity index (χ3v) is 6.04. The molecule has 3 heterocycles. The first kappa shape index (κ1) is 22.6. The molecule has 3 rings (SSSR count). The summed E-state index contributed by atoms with van der Waals surface area (Å²) in [5.74, 6) is -1.23. The fourth-order valence-electron chi connectivity index (χ4n) is 4.80. The molecule has 1 aromatic heterocycles. The Balaban J connectivity index is 2.02. The van der Waals surface area contributed by atoms with Crippen LogP contribution in [0.1, 0.15) is 44.0 Å². The maximum atomic E-state index is 13.0. The van der Waals surface area contributed by atoms with Gasteiger partial charge in [0.15, 0.2) is 0 Å². The zero-order valence-corrected chi connectivity index (χ0v) is 17.2. The first-order valence-electron chi connectivity index (χ1n) is 10.3. The summed E-state index contributed by atoms with van der Waals surface area (Å²) in [6.45, 7) is 3.68. The van der Waals surface area contributed by atoms with Crippen molar-refractivity contribution >= 4 is 12.0 Å². The van der Waals surface area contributed by atoms with Crippen molar-refractivity contribution in [2.24, 2.45) is 11.8 Å². The molecule has 0 unspecified atom stereocenters. The Morgan fingerprint density at radius 1 is 1.37 bits per heavy atom. The maximum absolute atomic E-state index is 13.0. The normalized spacial score (nSPS) is 26.2. The van der Waals surface area contributed by atoms with Crippen LogP contribution in [0.15, 0.2) is 23.0 Å². The van der Waals surface area contributed by atoms with Gasteiger partial charge in [-0.05, 0) is 25.5 Å². The summed E-state index contributed by atoms with van der Waals surface area (Å²) in [4.78, 5) is 27.2. The number of carbonyl (C=O) groups excluding carboxylic acids is 1. The van der Waals surface area contributed by atoms with Gasteiger partial charge in [-0.25, -0.2) is 0 Å². The average molecular weight is 427 g/mol. The predicted octanol–water partition coefficient (Wildman–Crippen LogP) is 2.32. The highest BCUT2D eigenvalue weighted by atomic mass is 19.4. The van der Waals surface area contributed by atoms with Gasteiger partial charge in [0.25, 0.3) is 5.56 Å². The van der Waals surface area contributed by atoms with Gasteiger partial charge in [-0.2, -0.15) is 13.2 Å². The van der Waals surface area contributed by atoms with Crippen molar-refractivity contribution in [1.29, 1.82) is 0 Å². The summed E-state index contributed by atoms with van der Waals surface area (Å²) in [5, 5.41) is 12.8. The van der Waals surface area contributed by atoms with Crippen LogP contribution in [-0.2, 0) is 11.3 Å². The fourth-order valence-corrected chi connectivity index (χ4v) is 4.80. The minimum Gasteiger partial charge on any atom is -0.396 e. The van der Waals surface area contributed by atoms with Crippen molar-refractivity contribution in [3.8, 4) is 0 Å². The number of aliphatic hydroxyl groups excluding tert-OH is 1. The molecule has 30 heavy (non-hydrogen) atoms. The van der Waals surface area contributed by atoms with Gasteiger partial charge in [0.1, 0.15) is 0 Å². The van der Waals surface area contributed by atoms with Crippen LogP contribution in [0.4, 0.5) is 13.2 Å². The molecular formula is C21H28F3N3O3. The molecule has 2 aliphatic rings. The van der Waals surface area contributed by atoms with Crippen LogP contribution in [0, 0.1) is 11.8 Å². The molecule has 1 amide bonds. The number of carbonyl (C=O) groups is 1. The highest BCUT2D eigenvalue weighted by Gasteiger charge is 2.55. The Bertz CT molecular complexity index is 865. The molecule has 0 spiro atoms. The van der Waals surface area contributed by atoms with Gasteiger partial charge < -0.3 is 15.0 Å². The van der Waals surface area contributed by atoms with Gasteiger partial charge in [0.2, 0.25) is 5.91 Å². The van der Waals surface area contributed by atoms with E-state index in [4.69, 9.17) is 0 Å². The average Bonchev–Trinajstić information content (AvgIpc) is 3.21. The number of aliphatic hydroxyl groups is 1. The maximum Gasteiger partial charge on any atom is 0.390 e. The zero-order valence-electron chi connectivity index (χ0n) is 17.2. The lowest BCUT2D eigenvalue weighted by Crippen LogP contribution is -2.49. The molecule has 166 valence electrons. The van der Waals surface area contributed by atoms with Crippen LogP contribution >= 0.6 is 0 Å². The molecule has 2 aliphatic heterocycles. The second-order valence-corrected chi connectivity index (χ2v) is 7.92.